The van der Waals surface area contributed by atoms with Crippen LogP contribution in [0.4, 0.5) is 0 Å². The molecule has 0 saturated carbocycles. The minimum Gasteiger partial charge on any atom is -0.368 e. The maximum absolute atomic E-state index is 11.7. The Bertz CT molecular complexity index is 501. The maximum Gasteiger partial charge on any atom is 0.298 e. The number of ether oxygens (including phenoxy) is 1. The minimum absolute atomic E-state index is 0.00941. The van der Waals surface area contributed by atoms with Crippen LogP contribution in [0, 0.1) is 18.8 Å². The summed E-state index contributed by atoms with van der Waals surface area (Å²) in [7, 11) is 0. The number of carbonyl (C=O) groups is 1. The number of rotatable bonds is 3. The summed E-state index contributed by atoms with van der Waals surface area (Å²) < 4.78 is 10.6. The second-order valence-corrected chi connectivity index (χ2v) is 4.43. The van der Waals surface area contributed by atoms with Gasteiger partial charge in [-0.1, -0.05) is 11.1 Å². The highest BCUT2D eigenvalue weighted by Crippen LogP contribution is 2.14. The SMILES string of the molecule is CC#CC(=O)N1CCCC(OCc2noc(C)n2)C1. The molecule has 1 atom stereocenters. The van der Waals surface area contributed by atoms with E-state index in [1.807, 2.05) is 0 Å². The monoisotopic (exact) mass is 263 g/mol. The van der Waals surface area contributed by atoms with Crippen molar-refractivity contribution in [3.63, 3.8) is 0 Å². The van der Waals surface area contributed by atoms with E-state index in [2.05, 4.69) is 22.0 Å². The van der Waals surface area contributed by atoms with Gasteiger partial charge in [0.05, 0.1) is 6.10 Å². The Morgan fingerprint density at radius 3 is 3.16 bits per heavy atom. The van der Waals surface area contributed by atoms with Crippen molar-refractivity contribution in [3.05, 3.63) is 11.7 Å². The predicted molar refractivity (Wildman–Crippen MR) is 66.9 cm³/mol. The van der Waals surface area contributed by atoms with Gasteiger partial charge in [0.1, 0.15) is 6.61 Å². The molecule has 6 nitrogen and oxygen atoms in total. The van der Waals surface area contributed by atoms with Gasteiger partial charge in [-0.05, 0) is 25.7 Å². The molecule has 1 fully saturated rings. The zero-order valence-electron chi connectivity index (χ0n) is 11.2. The Balaban J connectivity index is 1.83. The number of likely N-dealkylation sites (tertiary alicyclic amines) is 1. The molecule has 1 aromatic rings. The summed E-state index contributed by atoms with van der Waals surface area (Å²) in [6.07, 6.45) is 1.86. The lowest BCUT2D eigenvalue weighted by Crippen LogP contribution is -2.42. The number of aryl methyl sites for hydroxylation is 1. The zero-order valence-corrected chi connectivity index (χ0v) is 11.2. The Kier molecular flexibility index (Phi) is 4.53. The van der Waals surface area contributed by atoms with Crippen molar-refractivity contribution in [2.24, 2.45) is 0 Å². The van der Waals surface area contributed by atoms with E-state index in [9.17, 15) is 4.79 Å². The quantitative estimate of drug-likeness (QED) is 0.758. The van der Waals surface area contributed by atoms with Crippen molar-refractivity contribution in [3.8, 4) is 11.8 Å². The van der Waals surface area contributed by atoms with Crippen LogP contribution in [-0.4, -0.2) is 40.1 Å². The fourth-order valence-electron chi connectivity index (χ4n) is 2.04. The first-order chi connectivity index (χ1) is 9.19. The van der Waals surface area contributed by atoms with Gasteiger partial charge in [-0.25, -0.2) is 0 Å². The van der Waals surface area contributed by atoms with Gasteiger partial charge < -0.3 is 14.2 Å². The van der Waals surface area contributed by atoms with E-state index in [-0.39, 0.29) is 12.0 Å². The van der Waals surface area contributed by atoms with Gasteiger partial charge in [0.2, 0.25) is 5.89 Å². The zero-order chi connectivity index (χ0) is 13.7. The molecule has 0 radical (unpaired) electrons. The number of piperidine rings is 1. The van der Waals surface area contributed by atoms with Crippen LogP contribution in [0.2, 0.25) is 0 Å². The van der Waals surface area contributed by atoms with E-state index in [0.29, 0.717) is 24.9 Å². The largest absolute Gasteiger partial charge is 0.368 e. The molecule has 2 heterocycles. The fraction of sp³-hybridized carbons (Fsp3) is 0.615. The van der Waals surface area contributed by atoms with Crippen molar-refractivity contribution in [1.82, 2.24) is 15.0 Å². The van der Waals surface area contributed by atoms with E-state index in [0.717, 1.165) is 19.4 Å². The number of hydrogen-bond acceptors (Lipinski definition) is 5. The first kappa shape index (κ1) is 13.6. The van der Waals surface area contributed by atoms with Gasteiger partial charge in [0.15, 0.2) is 5.82 Å². The smallest absolute Gasteiger partial charge is 0.298 e. The number of hydrogen-bond donors (Lipinski definition) is 0. The summed E-state index contributed by atoms with van der Waals surface area (Å²) in [5.74, 6) is 6.11. The first-order valence-electron chi connectivity index (χ1n) is 6.31. The Hall–Kier alpha value is -1.87. The highest BCUT2D eigenvalue weighted by molar-refractivity contribution is 5.93. The molecule has 6 heteroatoms. The molecule has 2 rings (SSSR count). The fourth-order valence-corrected chi connectivity index (χ4v) is 2.04. The molecule has 1 aliphatic rings. The number of carbonyl (C=O) groups excluding carboxylic acids is 1. The molecule has 1 aromatic heterocycles. The summed E-state index contributed by atoms with van der Waals surface area (Å²) in [6.45, 7) is 5.03. The summed E-state index contributed by atoms with van der Waals surface area (Å²) in [5.41, 5.74) is 0. The predicted octanol–water partition coefficient (Wildman–Crippen LogP) is 0.909. The Morgan fingerprint density at radius 1 is 1.63 bits per heavy atom. The van der Waals surface area contributed by atoms with Gasteiger partial charge in [-0.15, -0.1) is 0 Å². The first-order valence-corrected chi connectivity index (χ1v) is 6.31. The third kappa shape index (κ3) is 3.80. The highest BCUT2D eigenvalue weighted by Gasteiger charge is 2.23. The van der Waals surface area contributed by atoms with Crippen molar-refractivity contribution >= 4 is 5.91 Å². The molecule has 0 aromatic carbocycles. The van der Waals surface area contributed by atoms with Gasteiger partial charge >= 0.3 is 0 Å². The van der Waals surface area contributed by atoms with Crippen LogP contribution in [0.5, 0.6) is 0 Å². The standard InChI is InChI=1S/C13H17N3O3/c1-3-5-13(17)16-7-4-6-11(8-16)18-9-12-14-10(2)19-15-12/h11H,4,6-9H2,1-2H3. The third-order valence-corrected chi connectivity index (χ3v) is 2.92. The van der Waals surface area contributed by atoms with E-state index in [1.165, 1.54) is 0 Å². The summed E-state index contributed by atoms with van der Waals surface area (Å²) in [5, 5.41) is 3.77. The second kappa shape index (κ2) is 6.34. The van der Waals surface area contributed by atoms with Crippen LogP contribution in [0.1, 0.15) is 31.5 Å². The molecule has 19 heavy (non-hydrogen) atoms. The molecule has 0 aliphatic carbocycles. The van der Waals surface area contributed by atoms with E-state index in [1.54, 1.807) is 18.7 Å². The normalized spacial score (nSPS) is 18.8. The van der Waals surface area contributed by atoms with E-state index in [4.69, 9.17) is 9.26 Å². The number of amides is 1. The van der Waals surface area contributed by atoms with Crippen molar-refractivity contribution in [1.29, 1.82) is 0 Å². The Morgan fingerprint density at radius 2 is 2.47 bits per heavy atom. The van der Waals surface area contributed by atoms with Crippen LogP contribution in [0.3, 0.4) is 0 Å². The average molecular weight is 263 g/mol. The van der Waals surface area contributed by atoms with Crippen LogP contribution >= 0.6 is 0 Å². The average Bonchev–Trinajstić information content (AvgIpc) is 2.83. The van der Waals surface area contributed by atoms with Crippen LogP contribution in [-0.2, 0) is 16.1 Å². The van der Waals surface area contributed by atoms with E-state index >= 15 is 0 Å². The molecule has 1 unspecified atom stereocenters. The number of aromatic nitrogens is 2. The molecule has 1 saturated heterocycles. The second-order valence-electron chi connectivity index (χ2n) is 4.43. The lowest BCUT2D eigenvalue weighted by molar-refractivity contribution is -0.129. The summed E-state index contributed by atoms with van der Waals surface area (Å²) in [6, 6.07) is 0. The molecule has 0 bridgehead atoms. The number of nitrogens with zero attached hydrogens (tertiary/aromatic N) is 3. The van der Waals surface area contributed by atoms with E-state index < -0.39 is 0 Å². The van der Waals surface area contributed by atoms with Gasteiger partial charge in [0, 0.05) is 20.0 Å². The van der Waals surface area contributed by atoms with Gasteiger partial charge in [0.25, 0.3) is 5.91 Å². The van der Waals surface area contributed by atoms with Gasteiger partial charge in [-0.3, -0.25) is 4.79 Å². The van der Waals surface area contributed by atoms with Crippen molar-refractivity contribution in [2.75, 3.05) is 13.1 Å². The Labute approximate surface area is 112 Å². The van der Waals surface area contributed by atoms with Crippen molar-refractivity contribution in [2.45, 2.75) is 39.4 Å². The van der Waals surface area contributed by atoms with Crippen LogP contribution < -0.4 is 0 Å². The van der Waals surface area contributed by atoms with Gasteiger partial charge in [-0.2, -0.15) is 4.98 Å². The summed E-state index contributed by atoms with van der Waals surface area (Å²) in [4.78, 5) is 17.5. The molecule has 0 N–H and O–H groups in total. The lowest BCUT2D eigenvalue weighted by Gasteiger charge is -2.31. The maximum atomic E-state index is 11.7. The lowest BCUT2D eigenvalue weighted by atomic mass is 10.1. The summed E-state index contributed by atoms with van der Waals surface area (Å²) >= 11 is 0. The molecule has 1 aliphatic heterocycles. The third-order valence-electron chi connectivity index (χ3n) is 2.92. The topological polar surface area (TPSA) is 68.5 Å². The van der Waals surface area contributed by atoms with Crippen molar-refractivity contribution < 1.29 is 14.1 Å². The highest BCUT2D eigenvalue weighted by atomic mass is 16.5. The van der Waals surface area contributed by atoms with Crippen LogP contribution in [0.15, 0.2) is 4.52 Å². The molecule has 0 spiro atoms. The molecular weight excluding hydrogens is 246 g/mol. The molecular formula is C13H17N3O3. The molecule has 1 amide bonds. The minimum atomic E-state index is -0.133. The van der Waals surface area contributed by atoms with Crippen LogP contribution in [0.25, 0.3) is 0 Å². The molecule has 102 valence electrons.